The van der Waals surface area contributed by atoms with E-state index < -0.39 is 0 Å². The van der Waals surface area contributed by atoms with Crippen LogP contribution in [0.3, 0.4) is 0 Å². The van der Waals surface area contributed by atoms with E-state index in [9.17, 15) is 4.79 Å². The summed E-state index contributed by atoms with van der Waals surface area (Å²) in [6, 6.07) is 0. The van der Waals surface area contributed by atoms with Crippen LogP contribution in [0.5, 0.6) is 0 Å². The van der Waals surface area contributed by atoms with Gasteiger partial charge in [0.2, 0.25) is 0 Å². The summed E-state index contributed by atoms with van der Waals surface area (Å²) in [5, 5.41) is 4.55. The zero-order valence-corrected chi connectivity index (χ0v) is 13.3. The molecule has 0 N–H and O–H groups in total. The fourth-order valence-electron chi connectivity index (χ4n) is 2.12. The summed E-state index contributed by atoms with van der Waals surface area (Å²) >= 11 is 0. The number of ether oxygens (including phenoxy) is 1. The number of nitrogens with zero attached hydrogens (tertiary/aromatic N) is 2. The van der Waals surface area contributed by atoms with Crippen LogP contribution in [-0.2, 0) is 22.5 Å². The van der Waals surface area contributed by atoms with Crippen LogP contribution in [0.1, 0.15) is 44.1 Å². The summed E-state index contributed by atoms with van der Waals surface area (Å²) in [5.74, 6) is 0.379. The molecule has 4 nitrogen and oxygen atoms in total. The van der Waals surface area contributed by atoms with Crippen molar-refractivity contribution in [1.29, 1.82) is 0 Å². The molecule has 0 unspecified atom stereocenters. The number of hydrogen-bond acceptors (Lipinski definition) is 3. The quantitative estimate of drug-likeness (QED) is 0.568. The maximum Gasteiger partial charge on any atom is 0.306 e. The summed E-state index contributed by atoms with van der Waals surface area (Å²) in [6.45, 7) is 15.2. The summed E-state index contributed by atoms with van der Waals surface area (Å²) in [4.78, 5) is 11.6. The molecule has 0 aliphatic heterocycles. The molecular formula is C16H26N2O2. The van der Waals surface area contributed by atoms with E-state index in [1.54, 1.807) is 0 Å². The Hall–Kier alpha value is -1.58. The van der Waals surface area contributed by atoms with Gasteiger partial charge in [0.05, 0.1) is 5.69 Å². The molecule has 1 rings (SSSR count). The highest BCUT2D eigenvalue weighted by Crippen LogP contribution is 2.16. The molecule has 0 aromatic carbocycles. The summed E-state index contributed by atoms with van der Waals surface area (Å²) in [5.41, 5.74) is 4.19. The van der Waals surface area contributed by atoms with Gasteiger partial charge in [-0.1, -0.05) is 20.4 Å². The Balaban J connectivity index is 2.62. The predicted molar refractivity (Wildman–Crippen MR) is 80.6 cm³/mol. The predicted octanol–water partition coefficient (Wildman–Crippen LogP) is 3.21. The molecule has 1 aromatic rings. The van der Waals surface area contributed by atoms with E-state index in [1.165, 1.54) is 0 Å². The Labute approximate surface area is 121 Å². The van der Waals surface area contributed by atoms with E-state index in [-0.39, 0.29) is 5.97 Å². The third kappa shape index (κ3) is 4.83. The highest BCUT2D eigenvalue weighted by Gasteiger charge is 2.14. The fourth-order valence-corrected chi connectivity index (χ4v) is 2.12. The van der Waals surface area contributed by atoms with Crippen molar-refractivity contribution in [2.75, 3.05) is 6.61 Å². The first-order valence-corrected chi connectivity index (χ1v) is 7.14. The van der Waals surface area contributed by atoms with Crippen molar-refractivity contribution in [1.82, 2.24) is 9.78 Å². The molecule has 0 amide bonds. The highest BCUT2D eigenvalue weighted by atomic mass is 16.5. The van der Waals surface area contributed by atoms with Gasteiger partial charge >= 0.3 is 5.97 Å². The molecule has 0 saturated carbocycles. The molecule has 0 radical (unpaired) electrons. The lowest BCUT2D eigenvalue weighted by Gasteiger charge is -2.08. The highest BCUT2D eigenvalue weighted by molar-refractivity contribution is 5.70. The first-order chi connectivity index (χ1) is 9.31. The molecule has 0 saturated heterocycles. The summed E-state index contributed by atoms with van der Waals surface area (Å²) in [6.07, 6.45) is 1.08. The molecule has 1 aromatic heterocycles. The molecule has 0 bridgehead atoms. The van der Waals surface area contributed by atoms with Crippen LogP contribution in [0.2, 0.25) is 0 Å². The third-order valence-electron chi connectivity index (χ3n) is 3.13. The van der Waals surface area contributed by atoms with Crippen LogP contribution in [0.15, 0.2) is 12.2 Å². The molecule has 4 heteroatoms. The average molecular weight is 278 g/mol. The molecule has 112 valence electrons. The van der Waals surface area contributed by atoms with Gasteiger partial charge in [0.1, 0.15) is 6.61 Å². The second kappa shape index (κ2) is 7.27. The van der Waals surface area contributed by atoms with Crippen LogP contribution in [0, 0.1) is 19.8 Å². The van der Waals surface area contributed by atoms with E-state index >= 15 is 0 Å². The van der Waals surface area contributed by atoms with Crippen LogP contribution in [-0.4, -0.2) is 22.4 Å². The standard InChI is InChI=1S/C16H26N2O2/c1-11(2)9-18-14(6)15(13(5)17-18)7-8-16(19)20-10-12(3)4/h11H,3,7-10H2,1-2,4-6H3. The van der Waals surface area contributed by atoms with Gasteiger partial charge in [-0.3, -0.25) is 9.48 Å². The van der Waals surface area contributed by atoms with Crippen molar-refractivity contribution in [3.63, 3.8) is 0 Å². The van der Waals surface area contributed by atoms with Crippen LogP contribution in [0.25, 0.3) is 0 Å². The minimum absolute atomic E-state index is 0.177. The van der Waals surface area contributed by atoms with Gasteiger partial charge in [-0.25, -0.2) is 0 Å². The number of hydrogen-bond donors (Lipinski definition) is 0. The number of esters is 1. The van der Waals surface area contributed by atoms with Crippen molar-refractivity contribution in [2.45, 2.75) is 54.0 Å². The average Bonchev–Trinajstić information content (AvgIpc) is 2.59. The lowest BCUT2D eigenvalue weighted by Crippen LogP contribution is -2.09. The van der Waals surface area contributed by atoms with Gasteiger partial charge in [0.15, 0.2) is 0 Å². The minimum Gasteiger partial charge on any atom is -0.461 e. The molecule has 0 fully saturated rings. The Morgan fingerprint density at radius 2 is 2.05 bits per heavy atom. The number of carbonyl (C=O) groups is 1. The first kappa shape index (κ1) is 16.5. The largest absolute Gasteiger partial charge is 0.461 e. The molecule has 0 atom stereocenters. The number of aryl methyl sites for hydroxylation is 1. The maximum absolute atomic E-state index is 11.6. The Kier molecular flexibility index (Phi) is 5.99. The zero-order valence-electron chi connectivity index (χ0n) is 13.3. The Bertz CT molecular complexity index is 487. The van der Waals surface area contributed by atoms with Gasteiger partial charge in [0.25, 0.3) is 0 Å². The number of carbonyl (C=O) groups excluding carboxylic acids is 1. The van der Waals surface area contributed by atoms with Gasteiger partial charge < -0.3 is 4.74 Å². The molecular weight excluding hydrogens is 252 g/mol. The second-order valence-electron chi connectivity index (χ2n) is 5.84. The summed E-state index contributed by atoms with van der Waals surface area (Å²) < 4.78 is 7.15. The SMILES string of the molecule is C=C(C)COC(=O)CCc1c(C)nn(CC(C)C)c1C. The zero-order chi connectivity index (χ0) is 15.3. The third-order valence-corrected chi connectivity index (χ3v) is 3.13. The van der Waals surface area contributed by atoms with E-state index in [0.29, 0.717) is 25.4 Å². The number of aromatic nitrogens is 2. The maximum atomic E-state index is 11.6. The second-order valence-corrected chi connectivity index (χ2v) is 5.84. The Morgan fingerprint density at radius 3 is 2.60 bits per heavy atom. The van der Waals surface area contributed by atoms with Crippen LogP contribution < -0.4 is 0 Å². The topological polar surface area (TPSA) is 44.1 Å². The summed E-state index contributed by atoms with van der Waals surface area (Å²) in [7, 11) is 0. The van der Waals surface area contributed by atoms with Crippen molar-refractivity contribution < 1.29 is 9.53 Å². The van der Waals surface area contributed by atoms with E-state index in [2.05, 4.69) is 32.4 Å². The van der Waals surface area contributed by atoms with Crippen LogP contribution >= 0.6 is 0 Å². The monoisotopic (exact) mass is 278 g/mol. The van der Waals surface area contributed by atoms with Gasteiger partial charge in [0, 0.05) is 18.7 Å². The van der Waals surface area contributed by atoms with Crippen LogP contribution in [0.4, 0.5) is 0 Å². The fraction of sp³-hybridized carbons (Fsp3) is 0.625. The lowest BCUT2D eigenvalue weighted by molar-refractivity contribution is -0.142. The number of rotatable bonds is 7. The van der Waals surface area contributed by atoms with Crippen molar-refractivity contribution in [2.24, 2.45) is 5.92 Å². The molecule has 0 spiro atoms. The van der Waals surface area contributed by atoms with E-state index in [4.69, 9.17) is 4.74 Å². The molecule has 20 heavy (non-hydrogen) atoms. The lowest BCUT2D eigenvalue weighted by atomic mass is 10.1. The molecule has 0 aliphatic carbocycles. The van der Waals surface area contributed by atoms with Gasteiger partial charge in [-0.2, -0.15) is 5.10 Å². The van der Waals surface area contributed by atoms with E-state index in [0.717, 1.165) is 29.1 Å². The van der Waals surface area contributed by atoms with Crippen molar-refractivity contribution >= 4 is 5.97 Å². The Morgan fingerprint density at radius 1 is 1.40 bits per heavy atom. The smallest absolute Gasteiger partial charge is 0.306 e. The normalized spacial score (nSPS) is 10.9. The van der Waals surface area contributed by atoms with Crippen molar-refractivity contribution in [3.05, 3.63) is 29.1 Å². The molecule has 1 heterocycles. The van der Waals surface area contributed by atoms with Gasteiger partial charge in [-0.05, 0) is 44.2 Å². The first-order valence-electron chi connectivity index (χ1n) is 7.14. The molecule has 0 aliphatic rings. The van der Waals surface area contributed by atoms with Gasteiger partial charge in [-0.15, -0.1) is 0 Å². The minimum atomic E-state index is -0.177. The van der Waals surface area contributed by atoms with E-state index in [1.807, 2.05) is 18.5 Å². The van der Waals surface area contributed by atoms with Crippen molar-refractivity contribution in [3.8, 4) is 0 Å².